The number of carboxylic acids is 1. The summed E-state index contributed by atoms with van der Waals surface area (Å²) >= 11 is 0. The lowest BCUT2D eigenvalue weighted by atomic mass is 10.1. The molecule has 5 unspecified atom stereocenters. The average Bonchev–Trinajstić information content (AvgIpc) is 2.64. The fraction of sp³-hybridized carbons (Fsp3) is 0.647. The molecule has 14 nitrogen and oxygen atoms in total. The van der Waals surface area contributed by atoms with Crippen LogP contribution in [-0.2, 0) is 28.8 Å². The Balaban J connectivity index is 5.38. The van der Waals surface area contributed by atoms with Crippen LogP contribution in [-0.4, -0.2) is 76.0 Å². The normalized spacial score (nSPS) is 15.5. The van der Waals surface area contributed by atoms with Crippen molar-refractivity contribution in [1.29, 1.82) is 0 Å². The molecular formula is C17H30N6O8. The number of nitrogens with two attached hydrogens (primary N) is 3. The molecule has 0 aromatic rings. The SMILES string of the molecule is CC(N)C(=O)NC(CCC(N)=O)C(=O)NC(C(=O)NC(CCC(N)=O)C(=O)O)C(C)O. The van der Waals surface area contributed by atoms with Crippen LogP contribution in [0.3, 0.4) is 0 Å². The Kier molecular flexibility index (Phi) is 11.7. The summed E-state index contributed by atoms with van der Waals surface area (Å²) in [5.41, 5.74) is 15.5. The molecule has 0 saturated heterocycles. The monoisotopic (exact) mass is 446 g/mol. The minimum atomic E-state index is -1.61. The Bertz CT molecular complexity index is 696. The molecule has 14 heteroatoms. The Morgan fingerprint density at radius 2 is 1.23 bits per heavy atom. The molecule has 0 aliphatic carbocycles. The molecule has 5 amide bonds. The lowest BCUT2D eigenvalue weighted by molar-refractivity contribution is -0.143. The second kappa shape index (κ2) is 13.1. The van der Waals surface area contributed by atoms with Crippen molar-refractivity contribution in [2.24, 2.45) is 17.2 Å². The minimum absolute atomic E-state index is 0.204. The van der Waals surface area contributed by atoms with Crippen LogP contribution < -0.4 is 33.2 Å². The van der Waals surface area contributed by atoms with Gasteiger partial charge in [0.2, 0.25) is 29.5 Å². The van der Waals surface area contributed by atoms with Gasteiger partial charge < -0.3 is 43.4 Å². The summed E-state index contributed by atoms with van der Waals surface area (Å²) in [5.74, 6) is -5.65. The Morgan fingerprint density at radius 1 is 0.774 bits per heavy atom. The van der Waals surface area contributed by atoms with Gasteiger partial charge in [0.15, 0.2) is 0 Å². The maximum absolute atomic E-state index is 12.6. The summed E-state index contributed by atoms with van der Waals surface area (Å²) in [6.45, 7) is 2.53. The van der Waals surface area contributed by atoms with Crippen LogP contribution >= 0.6 is 0 Å². The molecule has 0 aromatic carbocycles. The van der Waals surface area contributed by atoms with Crippen LogP contribution in [0.2, 0.25) is 0 Å². The fourth-order valence-corrected chi connectivity index (χ4v) is 2.32. The van der Waals surface area contributed by atoms with Crippen molar-refractivity contribution >= 4 is 35.5 Å². The van der Waals surface area contributed by atoms with Gasteiger partial charge in [-0.15, -0.1) is 0 Å². The highest BCUT2D eigenvalue weighted by Crippen LogP contribution is 2.04. The highest BCUT2D eigenvalue weighted by Gasteiger charge is 2.32. The first-order valence-electron chi connectivity index (χ1n) is 9.40. The number of nitrogens with one attached hydrogen (secondary N) is 3. The zero-order chi connectivity index (χ0) is 24.3. The standard InChI is InChI=1S/C17H30N6O8/c1-7(18)14(27)21-9(3-5-11(19)25)15(28)23-13(8(2)24)16(29)22-10(17(30)31)4-6-12(20)26/h7-10,13,24H,3-6,18H2,1-2H3,(H2,19,25)(H2,20,26)(H,21,27)(H,22,29)(H,23,28)(H,30,31). The van der Waals surface area contributed by atoms with Crippen LogP contribution in [0.15, 0.2) is 0 Å². The van der Waals surface area contributed by atoms with Crippen molar-refractivity contribution in [3.63, 3.8) is 0 Å². The molecule has 0 radical (unpaired) electrons. The smallest absolute Gasteiger partial charge is 0.326 e. The van der Waals surface area contributed by atoms with Crippen molar-refractivity contribution in [1.82, 2.24) is 16.0 Å². The van der Waals surface area contributed by atoms with Gasteiger partial charge in [-0.25, -0.2) is 4.79 Å². The number of hydrogen-bond acceptors (Lipinski definition) is 8. The third-order valence-electron chi connectivity index (χ3n) is 4.08. The van der Waals surface area contributed by atoms with Gasteiger partial charge in [-0.1, -0.05) is 0 Å². The summed E-state index contributed by atoms with van der Waals surface area (Å²) < 4.78 is 0. The van der Waals surface area contributed by atoms with Gasteiger partial charge >= 0.3 is 5.97 Å². The maximum atomic E-state index is 12.6. The molecule has 0 heterocycles. The highest BCUT2D eigenvalue weighted by atomic mass is 16.4. The number of hydrogen-bond donors (Lipinski definition) is 8. The molecule has 0 saturated carbocycles. The summed E-state index contributed by atoms with van der Waals surface area (Å²) in [6, 6.07) is -5.38. The number of rotatable bonds is 14. The van der Waals surface area contributed by atoms with Crippen LogP contribution in [0.4, 0.5) is 0 Å². The first kappa shape index (κ1) is 27.7. The number of aliphatic carboxylic acids is 1. The highest BCUT2D eigenvalue weighted by molar-refractivity contribution is 5.94. The maximum Gasteiger partial charge on any atom is 0.326 e. The second-order valence-electron chi connectivity index (χ2n) is 6.99. The largest absolute Gasteiger partial charge is 0.480 e. The number of aliphatic hydroxyl groups is 1. The van der Waals surface area contributed by atoms with E-state index in [1.54, 1.807) is 0 Å². The van der Waals surface area contributed by atoms with E-state index < -0.39 is 65.8 Å². The zero-order valence-corrected chi connectivity index (χ0v) is 17.3. The summed E-state index contributed by atoms with van der Waals surface area (Å²) in [4.78, 5) is 70.1. The number of carbonyl (C=O) groups excluding carboxylic acids is 5. The van der Waals surface area contributed by atoms with E-state index >= 15 is 0 Å². The van der Waals surface area contributed by atoms with Gasteiger partial charge in [0.05, 0.1) is 12.1 Å². The summed E-state index contributed by atoms with van der Waals surface area (Å²) in [6.07, 6.45) is -2.55. The Hall–Kier alpha value is -3.26. The molecule has 0 aliphatic rings. The van der Waals surface area contributed by atoms with E-state index in [4.69, 9.17) is 17.2 Å². The Morgan fingerprint density at radius 3 is 1.61 bits per heavy atom. The lowest BCUT2D eigenvalue weighted by Crippen LogP contribution is -2.59. The molecular weight excluding hydrogens is 416 g/mol. The number of primary amides is 2. The summed E-state index contributed by atoms with van der Waals surface area (Å²) in [5, 5.41) is 25.7. The predicted octanol–water partition coefficient (Wildman–Crippen LogP) is -4.22. The van der Waals surface area contributed by atoms with Crippen molar-refractivity contribution in [2.75, 3.05) is 0 Å². The molecule has 31 heavy (non-hydrogen) atoms. The quantitative estimate of drug-likeness (QED) is 0.128. The van der Waals surface area contributed by atoms with E-state index in [9.17, 15) is 39.0 Å². The molecule has 176 valence electrons. The molecule has 0 rings (SSSR count). The van der Waals surface area contributed by atoms with Gasteiger partial charge in [0.1, 0.15) is 18.1 Å². The molecule has 5 atom stereocenters. The van der Waals surface area contributed by atoms with Gasteiger partial charge in [-0.05, 0) is 26.7 Å². The molecule has 0 bridgehead atoms. The summed E-state index contributed by atoms with van der Waals surface area (Å²) in [7, 11) is 0. The molecule has 0 spiro atoms. The van der Waals surface area contributed by atoms with Crippen molar-refractivity contribution in [3.05, 3.63) is 0 Å². The molecule has 0 fully saturated rings. The van der Waals surface area contributed by atoms with Gasteiger partial charge in [0.25, 0.3) is 0 Å². The second-order valence-corrected chi connectivity index (χ2v) is 6.99. The first-order chi connectivity index (χ1) is 14.3. The minimum Gasteiger partial charge on any atom is -0.480 e. The predicted molar refractivity (Wildman–Crippen MR) is 106 cm³/mol. The van der Waals surface area contributed by atoms with E-state index in [0.717, 1.165) is 0 Å². The van der Waals surface area contributed by atoms with Gasteiger partial charge in [-0.2, -0.15) is 0 Å². The van der Waals surface area contributed by atoms with E-state index in [0.29, 0.717) is 0 Å². The molecule has 0 aliphatic heterocycles. The number of carbonyl (C=O) groups is 6. The van der Waals surface area contributed by atoms with Crippen LogP contribution in [0, 0.1) is 0 Å². The number of carboxylic acid groups (broad SMARTS) is 1. The van der Waals surface area contributed by atoms with Crippen LogP contribution in [0.5, 0.6) is 0 Å². The van der Waals surface area contributed by atoms with Crippen molar-refractivity contribution in [2.45, 2.75) is 69.8 Å². The fourth-order valence-electron chi connectivity index (χ4n) is 2.32. The van der Waals surface area contributed by atoms with Crippen LogP contribution in [0.1, 0.15) is 39.5 Å². The van der Waals surface area contributed by atoms with Gasteiger partial charge in [0, 0.05) is 12.8 Å². The van der Waals surface area contributed by atoms with E-state index in [-0.39, 0.29) is 25.7 Å². The van der Waals surface area contributed by atoms with Crippen LogP contribution in [0.25, 0.3) is 0 Å². The van der Waals surface area contributed by atoms with E-state index in [2.05, 4.69) is 16.0 Å². The lowest BCUT2D eigenvalue weighted by Gasteiger charge is -2.26. The number of amides is 5. The van der Waals surface area contributed by atoms with E-state index in [1.807, 2.05) is 0 Å². The molecule has 11 N–H and O–H groups in total. The third-order valence-corrected chi connectivity index (χ3v) is 4.08. The van der Waals surface area contributed by atoms with E-state index in [1.165, 1.54) is 13.8 Å². The first-order valence-corrected chi connectivity index (χ1v) is 9.40. The van der Waals surface area contributed by atoms with Crippen molar-refractivity contribution < 1.29 is 39.0 Å². The average molecular weight is 446 g/mol. The Labute approximate surface area is 178 Å². The zero-order valence-electron chi connectivity index (χ0n) is 17.3. The molecule has 0 aromatic heterocycles. The van der Waals surface area contributed by atoms with Gasteiger partial charge in [-0.3, -0.25) is 24.0 Å². The third kappa shape index (κ3) is 10.9. The topological polar surface area (TPSA) is 257 Å². The van der Waals surface area contributed by atoms with Crippen molar-refractivity contribution in [3.8, 4) is 0 Å². The number of aliphatic hydroxyl groups excluding tert-OH is 1.